The first-order valence-electron chi connectivity index (χ1n) is 4.64. The zero-order valence-corrected chi connectivity index (χ0v) is 11.2. The highest BCUT2D eigenvalue weighted by molar-refractivity contribution is 9.10. The van der Waals surface area contributed by atoms with Crippen molar-refractivity contribution in [1.82, 2.24) is 9.97 Å². The number of aryl methyl sites for hydroxylation is 1. The molecule has 0 spiro atoms. The van der Waals surface area contributed by atoms with Gasteiger partial charge < -0.3 is 10.4 Å². The molecule has 5 nitrogen and oxygen atoms in total. The second kappa shape index (κ2) is 4.80. The van der Waals surface area contributed by atoms with E-state index < -0.39 is 5.97 Å². The molecule has 0 unspecified atom stereocenters. The Bertz CT molecular complexity index is 570. The zero-order valence-electron chi connectivity index (χ0n) is 8.77. The molecule has 0 atom stereocenters. The van der Waals surface area contributed by atoms with Crippen LogP contribution in [-0.2, 0) is 0 Å². The molecule has 0 aliphatic heterocycles. The van der Waals surface area contributed by atoms with Crippen LogP contribution in [-0.4, -0.2) is 21.0 Å². The molecule has 0 saturated carbocycles. The summed E-state index contributed by atoms with van der Waals surface area (Å²) in [6, 6.07) is 3.30. The molecule has 0 aromatic carbocycles. The number of hydrogen-bond donors (Lipinski definition) is 2. The summed E-state index contributed by atoms with van der Waals surface area (Å²) < 4.78 is 0.955. The normalized spacial score (nSPS) is 10.2. The van der Waals surface area contributed by atoms with Crippen LogP contribution in [0.2, 0.25) is 0 Å². The highest BCUT2D eigenvalue weighted by Crippen LogP contribution is 2.26. The number of halogens is 1. The number of hydrogen-bond acceptors (Lipinski definition) is 5. The Morgan fingerprint density at radius 3 is 2.82 bits per heavy atom. The lowest BCUT2D eigenvalue weighted by Crippen LogP contribution is -2.05. The summed E-state index contributed by atoms with van der Waals surface area (Å²) in [4.78, 5) is 18.9. The molecular weight excluding hydrogens is 306 g/mol. The van der Waals surface area contributed by atoms with Gasteiger partial charge in [-0.15, -0.1) is 11.3 Å². The monoisotopic (exact) mass is 313 g/mol. The van der Waals surface area contributed by atoms with Crippen molar-refractivity contribution in [1.29, 1.82) is 0 Å². The molecule has 0 fully saturated rings. The van der Waals surface area contributed by atoms with Gasteiger partial charge in [0.05, 0.1) is 5.00 Å². The van der Waals surface area contributed by atoms with Crippen molar-refractivity contribution in [3.63, 3.8) is 0 Å². The third kappa shape index (κ3) is 3.01. The van der Waals surface area contributed by atoms with Crippen molar-refractivity contribution in [2.45, 2.75) is 6.92 Å². The van der Waals surface area contributed by atoms with Crippen LogP contribution in [0.25, 0.3) is 0 Å². The van der Waals surface area contributed by atoms with Crippen molar-refractivity contribution >= 4 is 44.2 Å². The van der Waals surface area contributed by atoms with E-state index in [1.54, 1.807) is 6.92 Å². The molecule has 0 bridgehead atoms. The minimum absolute atomic E-state index is 0.0179. The number of carboxylic acids is 1. The number of aromatic carboxylic acids is 1. The molecular formula is C10H8BrN3O2S. The average molecular weight is 314 g/mol. The highest BCUT2D eigenvalue weighted by atomic mass is 79.9. The van der Waals surface area contributed by atoms with Gasteiger partial charge in [0.2, 0.25) is 5.95 Å². The molecule has 17 heavy (non-hydrogen) atoms. The van der Waals surface area contributed by atoms with E-state index >= 15 is 0 Å². The van der Waals surface area contributed by atoms with Gasteiger partial charge >= 0.3 is 5.97 Å². The van der Waals surface area contributed by atoms with Gasteiger partial charge in [0, 0.05) is 15.5 Å². The van der Waals surface area contributed by atoms with Crippen molar-refractivity contribution in [3.8, 4) is 0 Å². The van der Waals surface area contributed by atoms with Crippen LogP contribution in [0.1, 0.15) is 16.2 Å². The number of aromatic nitrogens is 2. The van der Waals surface area contributed by atoms with Crippen LogP contribution in [0.3, 0.4) is 0 Å². The number of anilines is 2. The van der Waals surface area contributed by atoms with Gasteiger partial charge in [0.15, 0.2) is 5.69 Å². The van der Waals surface area contributed by atoms with E-state index in [4.69, 9.17) is 5.11 Å². The maximum Gasteiger partial charge on any atom is 0.354 e. The van der Waals surface area contributed by atoms with Gasteiger partial charge in [-0.2, -0.15) is 0 Å². The SMILES string of the molecule is Cc1cc(C(=O)O)nc(Nc2cc(Br)cs2)n1. The standard InChI is InChI=1S/C10H8BrN3O2S/c1-5-2-7(9(15)16)13-10(12-5)14-8-3-6(11)4-17-8/h2-4H,1H3,(H,15,16)(H,12,13,14). The number of carbonyl (C=O) groups is 1. The Morgan fingerprint density at radius 1 is 1.47 bits per heavy atom. The Morgan fingerprint density at radius 2 is 2.24 bits per heavy atom. The molecule has 2 heterocycles. The number of carboxylic acid groups (broad SMARTS) is 1. The molecule has 0 saturated heterocycles. The molecule has 0 aliphatic rings. The predicted octanol–water partition coefficient (Wildman–Crippen LogP) is 3.05. The van der Waals surface area contributed by atoms with Gasteiger partial charge in [0.25, 0.3) is 0 Å². The van der Waals surface area contributed by atoms with E-state index in [2.05, 4.69) is 31.2 Å². The minimum atomic E-state index is -1.06. The number of nitrogens with zero attached hydrogens (tertiary/aromatic N) is 2. The van der Waals surface area contributed by atoms with Gasteiger partial charge in [-0.05, 0) is 35.0 Å². The van der Waals surface area contributed by atoms with E-state index in [0.29, 0.717) is 5.69 Å². The van der Waals surface area contributed by atoms with Gasteiger partial charge in [-0.1, -0.05) is 0 Å². The van der Waals surface area contributed by atoms with E-state index in [0.717, 1.165) is 9.47 Å². The van der Waals surface area contributed by atoms with E-state index in [1.807, 2.05) is 11.4 Å². The summed E-state index contributed by atoms with van der Waals surface area (Å²) >= 11 is 4.81. The van der Waals surface area contributed by atoms with Crippen molar-refractivity contribution in [2.24, 2.45) is 0 Å². The Balaban J connectivity index is 2.29. The second-order valence-electron chi connectivity index (χ2n) is 3.28. The summed E-state index contributed by atoms with van der Waals surface area (Å²) in [6.45, 7) is 1.73. The van der Waals surface area contributed by atoms with E-state index in [1.165, 1.54) is 17.4 Å². The predicted molar refractivity (Wildman–Crippen MR) is 69.0 cm³/mol. The number of thiophene rings is 1. The molecule has 0 radical (unpaired) electrons. The summed E-state index contributed by atoms with van der Waals surface area (Å²) in [6.07, 6.45) is 0. The maximum absolute atomic E-state index is 10.8. The molecule has 2 rings (SSSR count). The topological polar surface area (TPSA) is 75.1 Å². The fourth-order valence-electron chi connectivity index (χ4n) is 1.22. The van der Waals surface area contributed by atoms with E-state index in [9.17, 15) is 4.79 Å². The largest absolute Gasteiger partial charge is 0.477 e. The van der Waals surface area contributed by atoms with Crippen molar-refractivity contribution in [2.75, 3.05) is 5.32 Å². The third-order valence-corrected chi connectivity index (χ3v) is 3.48. The molecule has 88 valence electrons. The maximum atomic E-state index is 10.8. The number of nitrogens with one attached hydrogen (secondary N) is 1. The Kier molecular flexibility index (Phi) is 3.39. The summed E-state index contributed by atoms with van der Waals surface area (Å²) in [7, 11) is 0. The molecule has 2 aromatic rings. The molecule has 0 aliphatic carbocycles. The van der Waals surface area contributed by atoms with Crippen LogP contribution in [0.15, 0.2) is 22.0 Å². The minimum Gasteiger partial charge on any atom is -0.477 e. The molecule has 2 aromatic heterocycles. The summed E-state index contributed by atoms with van der Waals surface area (Å²) in [5.74, 6) is -0.775. The van der Waals surface area contributed by atoms with Crippen LogP contribution < -0.4 is 5.32 Å². The van der Waals surface area contributed by atoms with Crippen molar-refractivity contribution in [3.05, 3.63) is 33.4 Å². The highest BCUT2D eigenvalue weighted by Gasteiger charge is 2.09. The van der Waals surface area contributed by atoms with Crippen LogP contribution in [0.5, 0.6) is 0 Å². The smallest absolute Gasteiger partial charge is 0.354 e. The Hall–Kier alpha value is -1.47. The quantitative estimate of drug-likeness (QED) is 0.911. The summed E-state index contributed by atoms with van der Waals surface area (Å²) in [5.41, 5.74) is 0.589. The van der Waals surface area contributed by atoms with Crippen LogP contribution in [0, 0.1) is 6.92 Å². The first kappa shape index (κ1) is 12.0. The van der Waals surface area contributed by atoms with Gasteiger partial charge in [-0.3, -0.25) is 0 Å². The first-order valence-corrected chi connectivity index (χ1v) is 6.32. The fourth-order valence-corrected chi connectivity index (χ4v) is 2.54. The molecule has 0 amide bonds. The van der Waals surface area contributed by atoms with Crippen LogP contribution >= 0.6 is 27.3 Å². The first-order chi connectivity index (χ1) is 8.04. The lowest BCUT2D eigenvalue weighted by atomic mass is 10.3. The third-order valence-electron chi connectivity index (χ3n) is 1.88. The van der Waals surface area contributed by atoms with Crippen molar-refractivity contribution < 1.29 is 9.90 Å². The molecule has 7 heteroatoms. The fraction of sp³-hybridized carbons (Fsp3) is 0.100. The van der Waals surface area contributed by atoms with E-state index in [-0.39, 0.29) is 11.6 Å². The zero-order chi connectivity index (χ0) is 12.4. The Labute approximate surface area is 110 Å². The second-order valence-corrected chi connectivity index (χ2v) is 5.10. The average Bonchev–Trinajstić information content (AvgIpc) is 2.63. The van der Waals surface area contributed by atoms with Gasteiger partial charge in [0.1, 0.15) is 0 Å². The summed E-state index contributed by atoms with van der Waals surface area (Å²) in [5, 5.41) is 14.6. The number of rotatable bonds is 3. The van der Waals surface area contributed by atoms with Gasteiger partial charge in [-0.25, -0.2) is 14.8 Å². The lowest BCUT2D eigenvalue weighted by molar-refractivity contribution is 0.0690. The lowest BCUT2D eigenvalue weighted by Gasteiger charge is -2.03. The molecule has 2 N–H and O–H groups in total. The van der Waals surface area contributed by atoms with Crippen LogP contribution in [0.4, 0.5) is 10.9 Å².